The molecule has 0 amide bonds. The van der Waals surface area contributed by atoms with E-state index in [1.807, 2.05) is 37.3 Å². The minimum atomic E-state index is -0.405. The summed E-state index contributed by atoms with van der Waals surface area (Å²) < 4.78 is 1.47. The smallest absolute Gasteiger partial charge is 0.289 e. The van der Waals surface area contributed by atoms with Crippen molar-refractivity contribution in [2.45, 2.75) is 19.9 Å². The van der Waals surface area contributed by atoms with Crippen molar-refractivity contribution in [2.75, 3.05) is 5.43 Å². The van der Waals surface area contributed by atoms with Gasteiger partial charge in [0.15, 0.2) is 0 Å². The molecule has 0 saturated heterocycles. The summed E-state index contributed by atoms with van der Waals surface area (Å²) in [5, 5.41) is 0.554. The quantitative estimate of drug-likeness (QED) is 0.665. The lowest BCUT2D eigenvalue weighted by Crippen LogP contribution is -2.30. The number of anilines is 1. The molecule has 6 nitrogen and oxygen atoms in total. The van der Waals surface area contributed by atoms with Crippen LogP contribution in [0.2, 0.25) is 5.02 Å². The van der Waals surface area contributed by atoms with Crippen LogP contribution in [0.25, 0.3) is 5.69 Å². The van der Waals surface area contributed by atoms with Crippen LogP contribution < -0.4 is 16.5 Å². The first-order valence-electron chi connectivity index (χ1n) is 7.96. The number of hydrogen-bond donors (Lipinski definition) is 2. The predicted molar refractivity (Wildman–Crippen MR) is 98.9 cm³/mol. The minimum Gasteiger partial charge on any atom is -0.289 e. The maximum atomic E-state index is 12.5. The van der Waals surface area contributed by atoms with Crippen molar-refractivity contribution in [3.63, 3.8) is 0 Å². The molecule has 0 bridgehead atoms. The van der Waals surface area contributed by atoms with E-state index in [0.717, 1.165) is 5.56 Å². The summed E-state index contributed by atoms with van der Waals surface area (Å²) in [6.45, 7) is 2.52. The Labute approximate surface area is 150 Å². The molecule has 0 aliphatic heterocycles. The molecule has 128 valence electrons. The average Bonchev–Trinajstić information content (AvgIpc) is 2.62. The van der Waals surface area contributed by atoms with E-state index in [2.05, 4.69) is 20.8 Å². The largest absolute Gasteiger partial charge is 0.356 e. The zero-order valence-corrected chi connectivity index (χ0v) is 14.5. The Hall–Kier alpha value is -2.70. The lowest BCUT2D eigenvalue weighted by Gasteiger charge is -2.13. The van der Waals surface area contributed by atoms with Crippen LogP contribution in [0.1, 0.15) is 18.3 Å². The topological polar surface area (TPSA) is 71.8 Å². The van der Waals surface area contributed by atoms with Crippen LogP contribution in [-0.2, 0) is 13.0 Å². The first kappa shape index (κ1) is 17.1. The highest BCUT2D eigenvalue weighted by Gasteiger charge is 2.11. The van der Waals surface area contributed by atoms with E-state index >= 15 is 0 Å². The van der Waals surface area contributed by atoms with E-state index in [4.69, 9.17) is 11.6 Å². The molecule has 1 heterocycles. The average molecular weight is 356 g/mol. The molecule has 25 heavy (non-hydrogen) atoms. The number of rotatable bonds is 6. The molecule has 2 aromatic carbocycles. The molecule has 3 rings (SSSR count). The molecule has 0 saturated carbocycles. The van der Waals surface area contributed by atoms with Gasteiger partial charge in [-0.15, -0.1) is 0 Å². The van der Waals surface area contributed by atoms with Crippen molar-refractivity contribution < 1.29 is 0 Å². The van der Waals surface area contributed by atoms with Crippen molar-refractivity contribution in [2.24, 2.45) is 0 Å². The van der Waals surface area contributed by atoms with Crippen molar-refractivity contribution in [3.8, 4) is 5.69 Å². The maximum absolute atomic E-state index is 12.5. The lowest BCUT2D eigenvalue weighted by atomic mass is 10.2. The third-order valence-electron chi connectivity index (χ3n) is 3.60. The monoisotopic (exact) mass is 355 g/mol. The van der Waals surface area contributed by atoms with E-state index in [-0.39, 0.29) is 5.95 Å². The van der Waals surface area contributed by atoms with Crippen LogP contribution in [-0.4, -0.2) is 14.5 Å². The summed E-state index contributed by atoms with van der Waals surface area (Å²) in [6, 6.07) is 17.0. The molecule has 0 aliphatic carbocycles. The molecule has 0 fully saturated rings. The SMILES string of the molecule is CCc1nc(NNCc2ccccc2)nc(=O)n1-c1cccc(Cl)c1. The molecular weight excluding hydrogens is 338 g/mol. The number of benzene rings is 2. The lowest BCUT2D eigenvalue weighted by molar-refractivity contribution is 0.735. The second-order valence-electron chi connectivity index (χ2n) is 5.38. The molecule has 0 atom stereocenters. The Kier molecular flexibility index (Phi) is 5.42. The van der Waals surface area contributed by atoms with Gasteiger partial charge in [0.1, 0.15) is 5.82 Å². The second kappa shape index (κ2) is 7.92. The predicted octanol–water partition coefficient (Wildman–Crippen LogP) is 2.96. The fourth-order valence-corrected chi connectivity index (χ4v) is 2.62. The van der Waals surface area contributed by atoms with Gasteiger partial charge in [-0.3, -0.25) is 5.43 Å². The van der Waals surface area contributed by atoms with Gasteiger partial charge in [0.05, 0.1) is 5.69 Å². The maximum Gasteiger partial charge on any atom is 0.356 e. The van der Waals surface area contributed by atoms with Gasteiger partial charge in [0.2, 0.25) is 5.95 Å². The summed E-state index contributed by atoms with van der Waals surface area (Å²) >= 11 is 6.02. The zero-order valence-electron chi connectivity index (χ0n) is 13.7. The Bertz CT molecular complexity index is 911. The van der Waals surface area contributed by atoms with E-state index in [1.54, 1.807) is 24.3 Å². The molecule has 0 radical (unpaired) electrons. The van der Waals surface area contributed by atoms with Crippen molar-refractivity contribution in [3.05, 3.63) is 81.5 Å². The highest BCUT2D eigenvalue weighted by molar-refractivity contribution is 6.30. The molecule has 0 unspecified atom stereocenters. The van der Waals surface area contributed by atoms with E-state index in [0.29, 0.717) is 29.5 Å². The number of aryl methyl sites for hydroxylation is 1. The van der Waals surface area contributed by atoms with Gasteiger partial charge in [-0.2, -0.15) is 9.97 Å². The summed E-state index contributed by atoms with van der Waals surface area (Å²) in [7, 11) is 0. The highest BCUT2D eigenvalue weighted by Crippen LogP contribution is 2.15. The second-order valence-corrected chi connectivity index (χ2v) is 5.82. The summed E-state index contributed by atoms with van der Waals surface area (Å²) in [4.78, 5) is 20.9. The number of aromatic nitrogens is 3. The van der Waals surface area contributed by atoms with Crippen molar-refractivity contribution in [1.82, 2.24) is 20.0 Å². The van der Waals surface area contributed by atoms with Crippen LogP contribution in [0.15, 0.2) is 59.4 Å². The summed E-state index contributed by atoms with van der Waals surface area (Å²) in [6.07, 6.45) is 0.581. The molecule has 2 N–H and O–H groups in total. The molecule has 1 aromatic heterocycles. The normalized spacial score (nSPS) is 10.6. The molecule has 0 spiro atoms. The van der Waals surface area contributed by atoms with Crippen LogP contribution in [0, 0.1) is 0 Å². The zero-order chi connectivity index (χ0) is 17.6. The van der Waals surface area contributed by atoms with Crippen LogP contribution >= 0.6 is 11.6 Å². The third kappa shape index (κ3) is 4.23. The Balaban J connectivity index is 1.81. The van der Waals surface area contributed by atoms with Crippen LogP contribution in [0.3, 0.4) is 0 Å². The fourth-order valence-electron chi connectivity index (χ4n) is 2.44. The highest BCUT2D eigenvalue weighted by atomic mass is 35.5. The van der Waals surface area contributed by atoms with Crippen LogP contribution in [0.5, 0.6) is 0 Å². The Morgan fingerprint density at radius 2 is 1.88 bits per heavy atom. The van der Waals surface area contributed by atoms with Crippen molar-refractivity contribution in [1.29, 1.82) is 0 Å². The fraction of sp³-hybridized carbons (Fsp3) is 0.167. The van der Waals surface area contributed by atoms with Gasteiger partial charge in [-0.25, -0.2) is 14.8 Å². The first-order chi connectivity index (χ1) is 12.2. The van der Waals surface area contributed by atoms with E-state index < -0.39 is 5.69 Å². The third-order valence-corrected chi connectivity index (χ3v) is 3.84. The van der Waals surface area contributed by atoms with Gasteiger partial charge in [-0.1, -0.05) is 54.9 Å². The Morgan fingerprint density at radius 3 is 2.60 bits per heavy atom. The van der Waals surface area contributed by atoms with Crippen molar-refractivity contribution >= 4 is 17.5 Å². The molecular formula is C18H18ClN5O. The van der Waals surface area contributed by atoms with Crippen LogP contribution in [0.4, 0.5) is 5.95 Å². The van der Waals surface area contributed by atoms with Gasteiger partial charge >= 0.3 is 5.69 Å². The molecule has 0 aliphatic rings. The van der Waals surface area contributed by atoms with E-state index in [9.17, 15) is 4.79 Å². The van der Waals surface area contributed by atoms with Gasteiger partial charge in [0, 0.05) is 18.0 Å². The Morgan fingerprint density at radius 1 is 1.08 bits per heavy atom. The number of halogens is 1. The minimum absolute atomic E-state index is 0.246. The molecule has 7 heteroatoms. The first-order valence-corrected chi connectivity index (χ1v) is 8.34. The summed E-state index contributed by atoms with van der Waals surface area (Å²) in [5.74, 6) is 0.849. The standard InChI is InChI=1S/C18H18ClN5O/c1-2-16-21-17(23-20-12-13-7-4-3-5-8-13)22-18(25)24(16)15-10-6-9-14(19)11-15/h3-11,20H,2,12H2,1H3,(H,22,23,25). The summed E-state index contributed by atoms with van der Waals surface area (Å²) in [5.41, 5.74) is 7.26. The van der Waals surface area contributed by atoms with Gasteiger partial charge < -0.3 is 0 Å². The number of nitrogens with zero attached hydrogens (tertiary/aromatic N) is 3. The number of hydrazine groups is 1. The van der Waals surface area contributed by atoms with E-state index in [1.165, 1.54) is 4.57 Å². The van der Waals surface area contributed by atoms with Gasteiger partial charge in [-0.05, 0) is 23.8 Å². The number of hydrogen-bond acceptors (Lipinski definition) is 5. The number of nitrogens with one attached hydrogen (secondary N) is 2. The molecule has 3 aromatic rings. The van der Waals surface area contributed by atoms with Gasteiger partial charge in [0.25, 0.3) is 0 Å².